The highest BCUT2D eigenvalue weighted by atomic mass is 16.6. The van der Waals surface area contributed by atoms with E-state index >= 15 is 0 Å². The van der Waals surface area contributed by atoms with Gasteiger partial charge in [-0.15, -0.1) is 0 Å². The van der Waals surface area contributed by atoms with Crippen molar-refractivity contribution in [2.75, 3.05) is 24.5 Å². The third-order valence-electron chi connectivity index (χ3n) is 6.46. The number of anilines is 1. The number of piperazine rings is 1. The number of H-pyrrole nitrogens is 1. The van der Waals surface area contributed by atoms with Crippen molar-refractivity contribution in [2.24, 2.45) is 4.99 Å². The smallest absolute Gasteiger partial charge is 0.271 e. The van der Waals surface area contributed by atoms with Crippen LogP contribution in [-0.4, -0.2) is 57.5 Å². The van der Waals surface area contributed by atoms with Gasteiger partial charge in [0, 0.05) is 61.5 Å². The molecule has 0 amide bonds. The summed E-state index contributed by atoms with van der Waals surface area (Å²) in [6, 6.07) is 11.5. The van der Waals surface area contributed by atoms with Crippen molar-refractivity contribution < 1.29 is 10.0 Å². The highest BCUT2D eigenvalue weighted by Gasteiger charge is 2.29. The van der Waals surface area contributed by atoms with E-state index in [9.17, 15) is 15.2 Å². The molecule has 0 spiro atoms. The van der Waals surface area contributed by atoms with Crippen LogP contribution in [-0.2, 0) is 6.54 Å². The Morgan fingerprint density at radius 3 is 2.79 bits per heavy atom. The lowest BCUT2D eigenvalue weighted by molar-refractivity contribution is -0.384. The summed E-state index contributed by atoms with van der Waals surface area (Å²) in [7, 11) is 0. The molecule has 0 saturated carbocycles. The van der Waals surface area contributed by atoms with Gasteiger partial charge in [-0.2, -0.15) is 0 Å². The van der Waals surface area contributed by atoms with Crippen LogP contribution in [0.5, 0.6) is 5.88 Å². The summed E-state index contributed by atoms with van der Waals surface area (Å²) < 4.78 is 0. The number of fused-ring (bicyclic) bond motifs is 2. The minimum absolute atomic E-state index is 0.0262. The predicted molar refractivity (Wildman–Crippen MR) is 130 cm³/mol. The number of hydrogen-bond acceptors (Lipinski definition) is 7. The third kappa shape index (κ3) is 3.78. The van der Waals surface area contributed by atoms with Gasteiger partial charge in [-0.05, 0) is 50.6 Å². The minimum Gasteiger partial charge on any atom is -0.494 e. The van der Waals surface area contributed by atoms with Crippen LogP contribution in [0.2, 0.25) is 0 Å². The zero-order valence-electron chi connectivity index (χ0n) is 19.0. The van der Waals surface area contributed by atoms with Gasteiger partial charge < -0.3 is 25.2 Å². The van der Waals surface area contributed by atoms with Crippen molar-refractivity contribution in [3.05, 3.63) is 57.6 Å². The van der Waals surface area contributed by atoms with Gasteiger partial charge in [0.1, 0.15) is 5.84 Å². The molecule has 0 aliphatic carbocycles. The van der Waals surface area contributed by atoms with E-state index in [2.05, 4.69) is 53.0 Å². The van der Waals surface area contributed by atoms with Crippen molar-refractivity contribution in [1.29, 1.82) is 0 Å². The number of hydrogen-bond donors (Lipinski definition) is 3. The van der Waals surface area contributed by atoms with E-state index in [1.54, 1.807) is 6.07 Å². The summed E-state index contributed by atoms with van der Waals surface area (Å²) in [4.78, 5) is 23.1. The van der Waals surface area contributed by atoms with Gasteiger partial charge in [0.2, 0.25) is 5.88 Å². The summed E-state index contributed by atoms with van der Waals surface area (Å²) >= 11 is 0. The Morgan fingerprint density at radius 1 is 1.24 bits per heavy atom. The van der Waals surface area contributed by atoms with Crippen LogP contribution in [0.1, 0.15) is 31.9 Å². The molecule has 0 radical (unpaired) electrons. The van der Waals surface area contributed by atoms with Gasteiger partial charge >= 0.3 is 0 Å². The minimum atomic E-state index is -0.442. The van der Waals surface area contributed by atoms with Gasteiger partial charge in [0.05, 0.1) is 21.7 Å². The van der Waals surface area contributed by atoms with Crippen molar-refractivity contribution in [2.45, 2.75) is 39.4 Å². The second kappa shape index (κ2) is 8.08. The number of non-ortho nitro benzene ring substituents is 1. The third-order valence-corrected chi connectivity index (χ3v) is 6.46. The number of nitrogens with one attached hydrogen (secondary N) is 2. The summed E-state index contributed by atoms with van der Waals surface area (Å²) in [5, 5.41) is 26.1. The average Bonchev–Trinajstić information content (AvgIpc) is 3.12. The quantitative estimate of drug-likeness (QED) is 0.413. The van der Waals surface area contributed by atoms with Crippen molar-refractivity contribution in [3.8, 4) is 5.88 Å². The lowest BCUT2D eigenvalue weighted by Gasteiger charge is -2.36. The molecule has 9 nitrogen and oxygen atoms in total. The van der Waals surface area contributed by atoms with Gasteiger partial charge in [-0.3, -0.25) is 10.1 Å². The monoisotopic (exact) mass is 448 g/mol. The highest BCUT2D eigenvalue weighted by Crippen LogP contribution is 2.37. The summed E-state index contributed by atoms with van der Waals surface area (Å²) in [5.74, 6) is 0.628. The first-order valence-corrected chi connectivity index (χ1v) is 11.3. The van der Waals surface area contributed by atoms with Gasteiger partial charge in [-0.25, -0.2) is 4.99 Å². The number of aromatic hydroxyl groups is 1. The maximum absolute atomic E-state index is 11.2. The Balaban J connectivity index is 1.58. The molecule has 0 bridgehead atoms. The number of aromatic amines is 1. The van der Waals surface area contributed by atoms with E-state index in [4.69, 9.17) is 4.99 Å². The first-order valence-electron chi connectivity index (χ1n) is 11.3. The molecule has 5 rings (SSSR count). The van der Waals surface area contributed by atoms with Gasteiger partial charge in [0.15, 0.2) is 0 Å². The fourth-order valence-electron chi connectivity index (χ4n) is 4.75. The standard InChI is InChI=1S/C24H28N6O3/c1-14(2)29-13-16-10-17(28-9-8-25-15(3)12-28)5-7-20(16)26-23(29)22-19-6-4-18(30(32)33)11-21(19)27-24(22)31/h4-7,10-11,14-15,25,27,31H,8-9,12-13H2,1-3H3/t15-/m0/s1. The van der Waals surface area contributed by atoms with Crippen LogP contribution < -0.4 is 10.2 Å². The molecule has 1 aromatic heterocycles. The lowest BCUT2D eigenvalue weighted by Crippen LogP contribution is -2.49. The Morgan fingerprint density at radius 2 is 2.06 bits per heavy atom. The summed E-state index contributed by atoms with van der Waals surface area (Å²) in [6.45, 7) is 9.97. The summed E-state index contributed by atoms with van der Waals surface area (Å²) in [6.07, 6.45) is 0. The number of aliphatic imine (C=N–C) groups is 1. The zero-order chi connectivity index (χ0) is 23.3. The highest BCUT2D eigenvalue weighted by molar-refractivity contribution is 6.13. The van der Waals surface area contributed by atoms with Crippen molar-refractivity contribution in [3.63, 3.8) is 0 Å². The molecule has 1 atom stereocenters. The number of aromatic nitrogens is 1. The molecule has 2 aliphatic rings. The number of amidine groups is 1. The first-order chi connectivity index (χ1) is 15.8. The zero-order valence-corrected chi connectivity index (χ0v) is 19.0. The van der Waals surface area contributed by atoms with Crippen LogP contribution in [0.3, 0.4) is 0 Å². The van der Waals surface area contributed by atoms with Crippen molar-refractivity contribution in [1.82, 2.24) is 15.2 Å². The molecule has 1 fully saturated rings. The number of nitrogens with zero attached hydrogens (tertiary/aromatic N) is 4. The normalized spacial score (nSPS) is 18.5. The fraction of sp³-hybridized carbons (Fsp3) is 0.375. The average molecular weight is 449 g/mol. The second-order valence-electron chi connectivity index (χ2n) is 9.11. The van der Waals surface area contributed by atoms with E-state index in [0.717, 1.165) is 30.9 Å². The largest absolute Gasteiger partial charge is 0.494 e. The maximum atomic E-state index is 11.2. The Bertz CT molecular complexity index is 1260. The maximum Gasteiger partial charge on any atom is 0.271 e. The Kier molecular flexibility index (Phi) is 5.20. The Hall–Kier alpha value is -3.59. The second-order valence-corrected chi connectivity index (χ2v) is 9.11. The molecular formula is C24H28N6O3. The van der Waals surface area contributed by atoms with E-state index in [1.165, 1.54) is 17.8 Å². The van der Waals surface area contributed by atoms with Crippen molar-refractivity contribution >= 4 is 33.8 Å². The SMILES string of the molecule is CC(C)N1Cc2cc(N3CCN[C@@H](C)C3)ccc2N=C1c1c(O)[nH]c2cc([N+](=O)[O-])ccc12. The molecule has 3 heterocycles. The van der Waals surface area contributed by atoms with Crippen LogP contribution in [0.15, 0.2) is 41.4 Å². The fourth-order valence-corrected chi connectivity index (χ4v) is 4.75. The van der Waals surface area contributed by atoms with E-state index in [1.807, 2.05) is 6.07 Å². The lowest BCUT2D eigenvalue weighted by atomic mass is 10.0. The molecule has 33 heavy (non-hydrogen) atoms. The predicted octanol–water partition coefficient (Wildman–Crippen LogP) is 3.88. The van der Waals surface area contributed by atoms with Gasteiger partial charge in [0.25, 0.3) is 5.69 Å². The first kappa shape index (κ1) is 21.3. The van der Waals surface area contributed by atoms with Crippen LogP contribution in [0, 0.1) is 10.1 Å². The van der Waals surface area contributed by atoms with E-state index in [0.29, 0.717) is 34.9 Å². The Labute approximate surface area is 191 Å². The number of nitro groups is 1. The summed E-state index contributed by atoms with van der Waals surface area (Å²) in [5.41, 5.74) is 4.28. The molecule has 3 N–H and O–H groups in total. The van der Waals surface area contributed by atoms with E-state index < -0.39 is 4.92 Å². The number of nitro benzene ring substituents is 1. The number of benzene rings is 2. The molecule has 172 valence electrons. The van der Waals surface area contributed by atoms with Crippen LogP contribution in [0.25, 0.3) is 10.9 Å². The molecule has 9 heteroatoms. The molecule has 2 aliphatic heterocycles. The topological polar surface area (TPSA) is 110 Å². The molecule has 2 aromatic carbocycles. The van der Waals surface area contributed by atoms with Gasteiger partial charge in [-0.1, -0.05) is 0 Å². The molecular weight excluding hydrogens is 420 g/mol. The number of rotatable bonds is 4. The van der Waals surface area contributed by atoms with Crippen LogP contribution >= 0.6 is 0 Å². The molecule has 3 aromatic rings. The molecule has 0 unspecified atom stereocenters. The molecule has 1 saturated heterocycles. The van der Waals surface area contributed by atoms with E-state index in [-0.39, 0.29) is 17.6 Å². The van der Waals surface area contributed by atoms with Crippen LogP contribution in [0.4, 0.5) is 17.1 Å².